The lowest BCUT2D eigenvalue weighted by atomic mass is 9.96. The molecular weight excluding hydrogens is 558 g/mol. The Bertz CT molecular complexity index is 2200. The molecule has 3 nitrogen and oxygen atoms in total. The molecule has 0 aliphatic carbocycles. The number of rotatable bonds is 6. The smallest absolute Gasteiger partial charge is 0.160 e. The van der Waals surface area contributed by atoms with Crippen LogP contribution in [0.3, 0.4) is 0 Å². The molecule has 2 aromatic heterocycles. The van der Waals surface area contributed by atoms with Crippen molar-refractivity contribution in [2.24, 2.45) is 0 Å². The van der Waals surface area contributed by atoms with Gasteiger partial charge in [-0.25, -0.2) is 9.97 Å². The number of hydrogen-bond acceptors (Lipinski definition) is 3. The van der Waals surface area contributed by atoms with Crippen molar-refractivity contribution in [1.82, 2.24) is 15.0 Å². The molecule has 0 saturated heterocycles. The molecule has 0 radical (unpaired) electrons. The van der Waals surface area contributed by atoms with Crippen molar-refractivity contribution in [2.75, 3.05) is 0 Å². The predicted octanol–water partition coefficient (Wildman–Crippen LogP) is 11.0. The average Bonchev–Trinajstić information content (AvgIpc) is 3.15. The van der Waals surface area contributed by atoms with Crippen LogP contribution in [0, 0.1) is 0 Å². The van der Waals surface area contributed by atoms with E-state index in [-0.39, 0.29) is 0 Å². The van der Waals surface area contributed by atoms with E-state index < -0.39 is 0 Å². The number of fused-ring (bicyclic) bond motifs is 1. The topological polar surface area (TPSA) is 38.7 Å². The van der Waals surface area contributed by atoms with E-state index in [4.69, 9.17) is 9.97 Å². The number of benzene rings is 6. The Labute approximate surface area is 268 Å². The first-order chi connectivity index (χ1) is 22.8. The molecule has 0 amide bonds. The normalized spacial score (nSPS) is 11.0. The van der Waals surface area contributed by atoms with Gasteiger partial charge in [-0.3, -0.25) is 4.98 Å². The molecule has 0 unspecified atom stereocenters. The van der Waals surface area contributed by atoms with E-state index >= 15 is 0 Å². The van der Waals surface area contributed by atoms with Gasteiger partial charge in [0.05, 0.1) is 11.4 Å². The van der Waals surface area contributed by atoms with Crippen molar-refractivity contribution in [1.29, 1.82) is 0 Å². The highest BCUT2D eigenvalue weighted by atomic mass is 14.9. The summed E-state index contributed by atoms with van der Waals surface area (Å²) in [5.74, 6) is 0.720. The average molecular weight is 588 g/mol. The third-order valence-corrected chi connectivity index (χ3v) is 8.40. The van der Waals surface area contributed by atoms with Gasteiger partial charge in [0.15, 0.2) is 5.82 Å². The molecule has 0 atom stereocenters. The Morgan fingerprint density at radius 3 is 1.30 bits per heavy atom. The molecule has 216 valence electrons. The summed E-state index contributed by atoms with van der Waals surface area (Å²) >= 11 is 0. The van der Waals surface area contributed by atoms with Crippen molar-refractivity contribution >= 4 is 10.8 Å². The Balaban J connectivity index is 1.11. The minimum absolute atomic E-state index is 0.720. The number of pyridine rings is 1. The Kier molecular flexibility index (Phi) is 7.18. The molecule has 0 bridgehead atoms. The van der Waals surface area contributed by atoms with E-state index in [1.54, 1.807) is 6.20 Å². The molecule has 0 aliphatic heterocycles. The van der Waals surface area contributed by atoms with Crippen LogP contribution in [-0.2, 0) is 0 Å². The maximum atomic E-state index is 4.99. The monoisotopic (exact) mass is 587 g/mol. The molecule has 8 aromatic rings. The summed E-state index contributed by atoms with van der Waals surface area (Å²) < 4.78 is 0. The maximum absolute atomic E-state index is 4.99. The van der Waals surface area contributed by atoms with Gasteiger partial charge in [-0.05, 0) is 68.4 Å². The van der Waals surface area contributed by atoms with Crippen LogP contribution in [-0.4, -0.2) is 15.0 Å². The molecule has 0 spiro atoms. The lowest BCUT2D eigenvalue weighted by Crippen LogP contribution is -1.95. The van der Waals surface area contributed by atoms with Crippen molar-refractivity contribution in [3.63, 3.8) is 0 Å². The fourth-order valence-corrected chi connectivity index (χ4v) is 5.90. The van der Waals surface area contributed by atoms with Crippen molar-refractivity contribution in [2.45, 2.75) is 0 Å². The highest BCUT2D eigenvalue weighted by Crippen LogP contribution is 2.32. The van der Waals surface area contributed by atoms with Crippen LogP contribution in [0.25, 0.3) is 78.1 Å². The summed E-state index contributed by atoms with van der Waals surface area (Å²) in [6.07, 6.45) is 3.70. The van der Waals surface area contributed by atoms with Crippen molar-refractivity contribution < 1.29 is 0 Å². The Morgan fingerprint density at radius 1 is 0.304 bits per heavy atom. The third-order valence-electron chi connectivity index (χ3n) is 8.40. The molecule has 8 rings (SSSR count). The van der Waals surface area contributed by atoms with Gasteiger partial charge in [0.25, 0.3) is 0 Å². The molecule has 6 aromatic carbocycles. The van der Waals surface area contributed by atoms with Crippen LogP contribution in [0.4, 0.5) is 0 Å². The molecular formula is C43H29N3. The number of hydrogen-bond donors (Lipinski definition) is 0. The lowest BCUT2D eigenvalue weighted by Gasteiger charge is -2.11. The van der Waals surface area contributed by atoms with Gasteiger partial charge in [-0.15, -0.1) is 0 Å². The van der Waals surface area contributed by atoms with E-state index in [2.05, 4.69) is 126 Å². The zero-order valence-corrected chi connectivity index (χ0v) is 25.1. The molecule has 0 fully saturated rings. The first-order valence-corrected chi connectivity index (χ1v) is 15.4. The van der Waals surface area contributed by atoms with Crippen molar-refractivity contribution in [3.8, 4) is 67.3 Å². The highest BCUT2D eigenvalue weighted by molar-refractivity contribution is 5.91. The highest BCUT2D eigenvalue weighted by Gasteiger charge is 2.11. The van der Waals surface area contributed by atoms with Crippen LogP contribution < -0.4 is 0 Å². The van der Waals surface area contributed by atoms with E-state index in [0.29, 0.717) is 0 Å². The second-order valence-corrected chi connectivity index (χ2v) is 11.4. The summed E-state index contributed by atoms with van der Waals surface area (Å²) in [6, 6.07) is 57.4. The number of nitrogens with zero attached hydrogens (tertiary/aromatic N) is 3. The van der Waals surface area contributed by atoms with E-state index in [1.807, 2.05) is 48.7 Å². The van der Waals surface area contributed by atoms with Gasteiger partial charge in [-0.2, -0.15) is 0 Å². The fourth-order valence-electron chi connectivity index (χ4n) is 5.90. The van der Waals surface area contributed by atoms with Gasteiger partial charge in [0.1, 0.15) is 0 Å². The largest absolute Gasteiger partial charge is 0.264 e. The Morgan fingerprint density at radius 2 is 0.761 bits per heavy atom. The molecule has 2 heterocycles. The zero-order valence-electron chi connectivity index (χ0n) is 25.1. The predicted molar refractivity (Wildman–Crippen MR) is 190 cm³/mol. The van der Waals surface area contributed by atoms with E-state index in [9.17, 15) is 0 Å². The summed E-state index contributed by atoms with van der Waals surface area (Å²) in [6.45, 7) is 0. The SMILES string of the molecule is c1ccc(-c2cc(-c3ccc(-c4ccc5ccc(-c6ccc(-c7cccnc7)cc6)cc5c4)cc3)nc(-c3ccccc3)n2)cc1. The van der Waals surface area contributed by atoms with Crippen LogP contribution in [0.2, 0.25) is 0 Å². The first-order valence-electron chi connectivity index (χ1n) is 15.4. The van der Waals surface area contributed by atoms with Gasteiger partial charge >= 0.3 is 0 Å². The zero-order chi connectivity index (χ0) is 30.7. The lowest BCUT2D eigenvalue weighted by molar-refractivity contribution is 1.18. The van der Waals surface area contributed by atoms with Crippen LogP contribution >= 0.6 is 0 Å². The van der Waals surface area contributed by atoms with Crippen LogP contribution in [0.1, 0.15) is 0 Å². The molecule has 0 aliphatic rings. The molecule has 46 heavy (non-hydrogen) atoms. The second kappa shape index (κ2) is 12.1. The fraction of sp³-hybridized carbons (Fsp3) is 0. The molecule has 0 saturated carbocycles. The first kappa shape index (κ1) is 27.4. The van der Waals surface area contributed by atoms with E-state index in [0.717, 1.165) is 50.6 Å². The summed E-state index contributed by atoms with van der Waals surface area (Å²) in [5, 5.41) is 2.44. The summed E-state index contributed by atoms with van der Waals surface area (Å²) in [7, 11) is 0. The van der Waals surface area contributed by atoms with Gasteiger partial charge < -0.3 is 0 Å². The molecule has 0 N–H and O–H groups in total. The number of aromatic nitrogens is 3. The molecule has 3 heteroatoms. The summed E-state index contributed by atoms with van der Waals surface area (Å²) in [4.78, 5) is 14.2. The maximum Gasteiger partial charge on any atom is 0.160 e. The third kappa shape index (κ3) is 5.58. The minimum atomic E-state index is 0.720. The quantitative estimate of drug-likeness (QED) is 0.194. The van der Waals surface area contributed by atoms with Crippen LogP contribution in [0.15, 0.2) is 176 Å². The Hall–Kier alpha value is -6.19. The van der Waals surface area contributed by atoms with Gasteiger partial charge in [0, 0.05) is 29.1 Å². The standard InChI is InChI=1S/C43H29N3/c1-3-8-34(9-4-1)41-28-42(46-43(45-41)36-10-5-2-6-11-36)35-21-17-31(18-22-35)38-24-20-33-19-23-37(26-40(33)27-38)30-13-15-32(16-14-30)39-12-7-25-44-29-39/h1-29H. The van der Waals surface area contributed by atoms with Gasteiger partial charge in [0.2, 0.25) is 0 Å². The second-order valence-electron chi connectivity index (χ2n) is 11.4. The van der Waals surface area contributed by atoms with Crippen molar-refractivity contribution in [3.05, 3.63) is 176 Å². The van der Waals surface area contributed by atoms with Crippen LogP contribution in [0.5, 0.6) is 0 Å². The summed E-state index contributed by atoms with van der Waals surface area (Å²) in [5.41, 5.74) is 12.0. The van der Waals surface area contributed by atoms with Gasteiger partial charge in [-0.1, -0.05) is 140 Å². The van der Waals surface area contributed by atoms with E-state index in [1.165, 1.54) is 27.5 Å². The minimum Gasteiger partial charge on any atom is -0.264 e.